The molecule has 8 heteroatoms. The lowest BCUT2D eigenvalue weighted by molar-refractivity contribution is -0.138. The minimum absolute atomic E-state index is 0.154. The fourth-order valence-electron chi connectivity index (χ4n) is 1.00. The van der Waals surface area contributed by atoms with Gasteiger partial charge in [0.15, 0.2) is 0 Å². The number of alkyl halides is 4. The Morgan fingerprint density at radius 1 is 1.29 bits per heavy atom. The van der Waals surface area contributed by atoms with Crippen LogP contribution in [0.3, 0.4) is 0 Å². The van der Waals surface area contributed by atoms with E-state index in [-0.39, 0.29) is 6.61 Å². The zero-order valence-electron chi connectivity index (χ0n) is 9.21. The van der Waals surface area contributed by atoms with E-state index in [0.717, 1.165) is 7.05 Å². The molecule has 98 valence electrons. The number of allylic oxidation sites excluding steroid dienone is 1. The molecule has 2 N–H and O–H groups in total. The number of halogens is 4. The van der Waals surface area contributed by atoms with Crippen molar-refractivity contribution in [3.8, 4) is 0 Å². The van der Waals surface area contributed by atoms with E-state index in [9.17, 15) is 22.4 Å². The van der Waals surface area contributed by atoms with Crippen molar-refractivity contribution in [3.63, 3.8) is 0 Å². The summed E-state index contributed by atoms with van der Waals surface area (Å²) in [5.41, 5.74) is 1.47. The third-order valence-electron chi connectivity index (χ3n) is 1.71. The summed E-state index contributed by atoms with van der Waals surface area (Å²) >= 11 is 0. The number of nitrogens with zero attached hydrogens (tertiary/aromatic N) is 1. The lowest BCUT2D eigenvalue weighted by Gasteiger charge is -2.12. The smallest absolute Gasteiger partial charge is 0.342 e. The number of hydrogen-bond donors (Lipinski definition) is 1. The van der Waals surface area contributed by atoms with E-state index in [2.05, 4.69) is 9.73 Å². The van der Waals surface area contributed by atoms with Crippen LogP contribution in [-0.4, -0.2) is 38.2 Å². The van der Waals surface area contributed by atoms with Gasteiger partial charge in [-0.1, -0.05) is 0 Å². The second kappa shape index (κ2) is 6.87. The second-order valence-electron chi connectivity index (χ2n) is 2.76. The van der Waals surface area contributed by atoms with Crippen LogP contribution in [0.4, 0.5) is 17.6 Å². The summed E-state index contributed by atoms with van der Waals surface area (Å²) in [5.74, 6) is -1.34. The molecule has 0 aliphatic rings. The number of hydrogen-bond acceptors (Lipinski definition) is 4. The van der Waals surface area contributed by atoms with Crippen LogP contribution < -0.4 is 5.73 Å². The topological polar surface area (TPSA) is 64.7 Å². The quantitative estimate of drug-likeness (QED) is 0.349. The average molecular weight is 256 g/mol. The Bertz CT molecular complexity index is 340. The van der Waals surface area contributed by atoms with Gasteiger partial charge in [-0.05, 0) is 6.92 Å². The predicted octanol–water partition coefficient (Wildman–Crippen LogP) is 1.36. The van der Waals surface area contributed by atoms with Gasteiger partial charge in [-0.15, -0.1) is 0 Å². The molecule has 17 heavy (non-hydrogen) atoms. The summed E-state index contributed by atoms with van der Waals surface area (Å²) in [5, 5.41) is 0. The first-order chi connectivity index (χ1) is 7.86. The van der Waals surface area contributed by atoms with Crippen LogP contribution in [0.15, 0.2) is 16.3 Å². The SMILES string of the molecule is CCOC(=O)C(C(=NC)C(F)F)=C(N)C(F)F. The van der Waals surface area contributed by atoms with E-state index in [1.165, 1.54) is 6.92 Å². The average Bonchev–Trinajstić information content (AvgIpc) is 2.24. The van der Waals surface area contributed by atoms with Crippen LogP contribution in [0, 0.1) is 0 Å². The van der Waals surface area contributed by atoms with Gasteiger partial charge in [0.05, 0.1) is 12.3 Å². The molecule has 0 fully saturated rings. The largest absolute Gasteiger partial charge is 0.462 e. The highest BCUT2D eigenvalue weighted by atomic mass is 19.3. The molecule has 0 radical (unpaired) electrons. The number of nitrogens with two attached hydrogens (primary N) is 1. The Hall–Kier alpha value is -1.60. The van der Waals surface area contributed by atoms with Crippen LogP contribution >= 0.6 is 0 Å². The van der Waals surface area contributed by atoms with Gasteiger partial charge in [-0.2, -0.15) is 0 Å². The normalized spacial score (nSPS) is 14.0. The fourth-order valence-corrected chi connectivity index (χ4v) is 1.00. The summed E-state index contributed by atoms with van der Waals surface area (Å²) in [7, 11) is 0.944. The minimum atomic E-state index is -3.25. The number of carbonyl (C=O) groups excluding carboxylic acids is 1. The molecule has 0 saturated carbocycles. The van der Waals surface area contributed by atoms with Gasteiger partial charge < -0.3 is 10.5 Å². The van der Waals surface area contributed by atoms with Gasteiger partial charge in [0, 0.05) is 7.05 Å². The highest BCUT2D eigenvalue weighted by Crippen LogP contribution is 2.16. The van der Waals surface area contributed by atoms with Crippen LogP contribution in [0.5, 0.6) is 0 Å². The molecule has 0 atom stereocenters. The maximum absolute atomic E-state index is 12.5. The molecule has 0 aliphatic carbocycles. The molecule has 0 bridgehead atoms. The molecular formula is C9H12F4N2O2. The molecule has 0 saturated heterocycles. The molecule has 0 heterocycles. The van der Waals surface area contributed by atoms with Gasteiger partial charge in [-0.3, -0.25) is 4.99 Å². The highest BCUT2D eigenvalue weighted by Gasteiger charge is 2.30. The summed E-state index contributed by atoms with van der Waals surface area (Å²) in [6.45, 7) is 1.25. The molecule has 0 aromatic rings. The molecule has 0 aromatic heterocycles. The standard InChI is InChI=1S/C9H12F4N2O2/c1-3-17-9(16)4(5(14)7(10)11)6(15-2)8(12)13/h7-8H,3,14H2,1-2H3. The number of aliphatic imine (C=N–C) groups is 1. The Morgan fingerprint density at radius 3 is 2.12 bits per heavy atom. The van der Waals surface area contributed by atoms with Crippen molar-refractivity contribution in [3.05, 3.63) is 11.3 Å². The Morgan fingerprint density at radius 2 is 1.82 bits per heavy atom. The van der Waals surface area contributed by atoms with E-state index < -0.39 is 35.8 Å². The first-order valence-corrected chi connectivity index (χ1v) is 4.56. The Kier molecular flexibility index (Phi) is 6.22. The van der Waals surface area contributed by atoms with E-state index in [0.29, 0.717) is 0 Å². The van der Waals surface area contributed by atoms with Crippen molar-refractivity contribution >= 4 is 11.7 Å². The van der Waals surface area contributed by atoms with E-state index in [4.69, 9.17) is 5.73 Å². The van der Waals surface area contributed by atoms with Crippen molar-refractivity contribution in [1.82, 2.24) is 0 Å². The first kappa shape index (κ1) is 15.4. The summed E-state index contributed by atoms with van der Waals surface area (Å²) in [6.07, 6.45) is -6.44. The lowest BCUT2D eigenvalue weighted by Crippen LogP contribution is -2.28. The van der Waals surface area contributed by atoms with Gasteiger partial charge >= 0.3 is 5.97 Å². The van der Waals surface area contributed by atoms with Crippen molar-refractivity contribution in [2.45, 2.75) is 19.8 Å². The second-order valence-corrected chi connectivity index (χ2v) is 2.76. The molecule has 0 amide bonds. The van der Waals surface area contributed by atoms with Crippen LogP contribution in [0.25, 0.3) is 0 Å². The van der Waals surface area contributed by atoms with Crippen LogP contribution in [0.2, 0.25) is 0 Å². The number of ether oxygens (including phenoxy) is 1. The fraction of sp³-hybridized carbons (Fsp3) is 0.556. The van der Waals surface area contributed by atoms with Crippen molar-refractivity contribution in [1.29, 1.82) is 0 Å². The zero-order valence-corrected chi connectivity index (χ0v) is 9.21. The molecule has 4 nitrogen and oxygen atoms in total. The van der Waals surface area contributed by atoms with E-state index in [1.54, 1.807) is 0 Å². The van der Waals surface area contributed by atoms with Gasteiger partial charge in [0.25, 0.3) is 12.9 Å². The van der Waals surface area contributed by atoms with E-state index in [1.807, 2.05) is 0 Å². The summed E-state index contributed by atoms with van der Waals surface area (Å²) in [4.78, 5) is 14.4. The third-order valence-corrected chi connectivity index (χ3v) is 1.71. The number of carbonyl (C=O) groups is 1. The third kappa shape index (κ3) is 4.04. The van der Waals surface area contributed by atoms with Gasteiger partial charge in [0.2, 0.25) is 0 Å². The molecule has 0 spiro atoms. The zero-order chi connectivity index (χ0) is 13.6. The maximum atomic E-state index is 12.5. The monoisotopic (exact) mass is 256 g/mol. The first-order valence-electron chi connectivity index (χ1n) is 4.56. The molecule has 0 aliphatic heterocycles. The van der Waals surface area contributed by atoms with Crippen LogP contribution in [0.1, 0.15) is 6.92 Å². The maximum Gasteiger partial charge on any atom is 0.342 e. The molecule has 0 aromatic carbocycles. The Labute approximate surface area is 95.1 Å². The minimum Gasteiger partial charge on any atom is -0.462 e. The van der Waals surface area contributed by atoms with Gasteiger partial charge in [0.1, 0.15) is 11.3 Å². The lowest BCUT2D eigenvalue weighted by atomic mass is 10.1. The number of esters is 1. The molecule has 0 unspecified atom stereocenters. The van der Waals surface area contributed by atoms with E-state index >= 15 is 0 Å². The highest BCUT2D eigenvalue weighted by molar-refractivity contribution is 6.21. The van der Waals surface area contributed by atoms with Crippen molar-refractivity contribution < 1.29 is 27.1 Å². The van der Waals surface area contributed by atoms with Crippen LogP contribution in [-0.2, 0) is 9.53 Å². The molecular weight excluding hydrogens is 244 g/mol. The summed E-state index contributed by atoms with van der Waals surface area (Å²) < 4.78 is 54.1. The van der Waals surface area contributed by atoms with Crippen molar-refractivity contribution in [2.75, 3.05) is 13.7 Å². The predicted molar refractivity (Wildman–Crippen MR) is 53.2 cm³/mol. The van der Waals surface area contributed by atoms with Gasteiger partial charge in [-0.25, -0.2) is 22.4 Å². The number of rotatable bonds is 5. The van der Waals surface area contributed by atoms with Crippen molar-refractivity contribution in [2.24, 2.45) is 10.7 Å². The molecule has 0 rings (SSSR count). The Balaban J connectivity index is 5.56. The summed E-state index contributed by atoms with van der Waals surface area (Å²) in [6, 6.07) is 0.